The van der Waals surface area contributed by atoms with Crippen LogP contribution >= 0.6 is 22.9 Å². The van der Waals surface area contributed by atoms with E-state index in [-0.39, 0.29) is 12.3 Å². The molecule has 1 fully saturated rings. The molecule has 6 rings (SSSR count). The van der Waals surface area contributed by atoms with E-state index >= 15 is 0 Å². The zero-order valence-corrected chi connectivity index (χ0v) is 20.1. The van der Waals surface area contributed by atoms with E-state index in [1.165, 1.54) is 22.2 Å². The van der Waals surface area contributed by atoms with Crippen molar-refractivity contribution in [2.24, 2.45) is 0 Å². The Morgan fingerprint density at radius 3 is 2.89 bits per heavy atom. The standard InChI is InChI=1S/C24H19ClN6O3S/c1-12-7-13(10-30-22(12)27-11-28-30)15-3-2-4-16(25)20(15)18-9-17-21(35-18)23(33)31(24(34)29-17)14-5-6-26-19(32)8-14/h2-4,7,9-11,14H,5-6,8H2,1H3,(H,26,32)(H,29,34). The highest BCUT2D eigenvalue weighted by Crippen LogP contribution is 2.42. The van der Waals surface area contributed by atoms with Crippen molar-refractivity contribution in [3.8, 4) is 21.6 Å². The molecule has 0 saturated carbocycles. The normalized spacial score (nSPS) is 16.2. The van der Waals surface area contributed by atoms with Gasteiger partial charge in [-0.25, -0.2) is 14.3 Å². The molecule has 176 valence electrons. The molecule has 5 aromatic rings. The van der Waals surface area contributed by atoms with Crippen molar-refractivity contribution in [3.05, 3.63) is 74.3 Å². The van der Waals surface area contributed by atoms with E-state index in [4.69, 9.17) is 11.6 Å². The van der Waals surface area contributed by atoms with Gasteiger partial charge in [-0.1, -0.05) is 23.7 Å². The summed E-state index contributed by atoms with van der Waals surface area (Å²) in [6.07, 6.45) is 4.03. The van der Waals surface area contributed by atoms with Gasteiger partial charge in [0.2, 0.25) is 5.91 Å². The fraction of sp³-hybridized carbons (Fsp3) is 0.208. The summed E-state index contributed by atoms with van der Waals surface area (Å²) in [5, 5.41) is 7.53. The van der Waals surface area contributed by atoms with Crippen LogP contribution in [0.25, 0.3) is 37.4 Å². The van der Waals surface area contributed by atoms with Crippen LogP contribution in [-0.4, -0.2) is 36.6 Å². The molecular formula is C24H19ClN6O3S. The molecule has 1 amide bonds. The minimum absolute atomic E-state index is 0.103. The van der Waals surface area contributed by atoms with Crippen LogP contribution in [0.15, 0.2) is 52.4 Å². The number of aryl methyl sites for hydroxylation is 1. The number of hydrogen-bond acceptors (Lipinski definition) is 6. The number of nitrogens with zero attached hydrogens (tertiary/aromatic N) is 4. The van der Waals surface area contributed by atoms with Crippen LogP contribution in [0.1, 0.15) is 24.4 Å². The zero-order chi connectivity index (χ0) is 24.3. The van der Waals surface area contributed by atoms with Gasteiger partial charge in [-0.2, -0.15) is 5.10 Å². The first-order valence-electron chi connectivity index (χ1n) is 11.0. The quantitative estimate of drug-likeness (QED) is 0.388. The third kappa shape index (κ3) is 3.57. The average molecular weight is 507 g/mol. The minimum Gasteiger partial charge on any atom is -0.356 e. The molecule has 0 bridgehead atoms. The number of pyridine rings is 1. The molecule has 0 spiro atoms. The lowest BCUT2D eigenvalue weighted by molar-refractivity contribution is -0.123. The van der Waals surface area contributed by atoms with E-state index in [1.807, 2.05) is 31.3 Å². The average Bonchev–Trinajstić information content (AvgIpc) is 3.46. The molecule has 5 heterocycles. The summed E-state index contributed by atoms with van der Waals surface area (Å²) in [5.74, 6) is -0.167. The van der Waals surface area contributed by atoms with Crippen LogP contribution in [0.5, 0.6) is 0 Å². The Kier molecular flexibility index (Phi) is 5.08. The Morgan fingerprint density at radius 1 is 1.20 bits per heavy atom. The number of aromatic nitrogens is 5. The van der Waals surface area contributed by atoms with Gasteiger partial charge in [-0.3, -0.25) is 14.2 Å². The molecule has 0 radical (unpaired) electrons. The Balaban J connectivity index is 1.54. The maximum absolute atomic E-state index is 13.4. The number of H-pyrrole nitrogens is 1. The van der Waals surface area contributed by atoms with Crippen LogP contribution in [0, 0.1) is 6.92 Å². The summed E-state index contributed by atoms with van der Waals surface area (Å²) in [6.45, 7) is 2.40. The molecule has 1 atom stereocenters. The maximum atomic E-state index is 13.4. The highest BCUT2D eigenvalue weighted by Gasteiger charge is 2.25. The number of thiophene rings is 1. The molecule has 0 aliphatic carbocycles. The highest BCUT2D eigenvalue weighted by atomic mass is 35.5. The molecule has 1 unspecified atom stereocenters. The fourth-order valence-corrected chi connectivity index (χ4v) is 6.17. The summed E-state index contributed by atoms with van der Waals surface area (Å²) in [4.78, 5) is 45.9. The first kappa shape index (κ1) is 21.8. The molecule has 35 heavy (non-hydrogen) atoms. The van der Waals surface area contributed by atoms with Crippen LogP contribution < -0.4 is 16.6 Å². The number of aromatic amines is 1. The minimum atomic E-state index is -0.516. The van der Waals surface area contributed by atoms with Gasteiger partial charge < -0.3 is 10.3 Å². The van der Waals surface area contributed by atoms with Crippen LogP contribution in [-0.2, 0) is 4.79 Å². The summed E-state index contributed by atoms with van der Waals surface area (Å²) in [6, 6.07) is 8.97. The number of amides is 1. The second kappa shape index (κ2) is 8.17. The number of piperidine rings is 1. The molecule has 1 aliphatic rings. The van der Waals surface area contributed by atoms with Gasteiger partial charge in [0, 0.05) is 40.2 Å². The molecule has 11 heteroatoms. The highest BCUT2D eigenvalue weighted by molar-refractivity contribution is 7.22. The van der Waals surface area contributed by atoms with Crippen molar-refractivity contribution in [2.75, 3.05) is 6.54 Å². The molecule has 4 aromatic heterocycles. The summed E-state index contributed by atoms with van der Waals surface area (Å²) < 4.78 is 3.31. The van der Waals surface area contributed by atoms with Gasteiger partial charge >= 0.3 is 5.69 Å². The maximum Gasteiger partial charge on any atom is 0.329 e. The SMILES string of the molecule is Cc1cc(-c2cccc(Cl)c2-c2cc3[nH]c(=O)n(C4CCNC(=O)C4)c(=O)c3s2)cn2ncnc12. The number of nitrogens with one attached hydrogen (secondary N) is 2. The first-order valence-corrected chi connectivity index (χ1v) is 12.2. The summed E-state index contributed by atoms with van der Waals surface area (Å²) in [7, 11) is 0. The fourth-order valence-electron chi connectivity index (χ4n) is 4.72. The summed E-state index contributed by atoms with van der Waals surface area (Å²) in [5.41, 5.74) is 3.81. The van der Waals surface area contributed by atoms with Crippen molar-refractivity contribution in [1.82, 2.24) is 29.5 Å². The molecule has 1 aliphatic heterocycles. The predicted molar refractivity (Wildman–Crippen MR) is 135 cm³/mol. The van der Waals surface area contributed by atoms with Crippen molar-refractivity contribution in [2.45, 2.75) is 25.8 Å². The van der Waals surface area contributed by atoms with Crippen molar-refractivity contribution >= 4 is 44.7 Å². The first-order chi connectivity index (χ1) is 16.9. The van der Waals surface area contributed by atoms with E-state index in [9.17, 15) is 14.4 Å². The Morgan fingerprint density at radius 2 is 2.06 bits per heavy atom. The number of rotatable bonds is 3. The van der Waals surface area contributed by atoms with E-state index in [2.05, 4.69) is 20.4 Å². The van der Waals surface area contributed by atoms with Gasteiger partial charge in [0.1, 0.15) is 11.0 Å². The van der Waals surface area contributed by atoms with Gasteiger partial charge in [0.25, 0.3) is 5.56 Å². The molecule has 2 N–H and O–H groups in total. The molecular weight excluding hydrogens is 488 g/mol. The Bertz CT molecular complexity index is 1770. The zero-order valence-electron chi connectivity index (χ0n) is 18.5. The van der Waals surface area contributed by atoms with E-state index in [0.29, 0.717) is 28.2 Å². The second-order valence-electron chi connectivity index (χ2n) is 8.56. The number of fused-ring (bicyclic) bond motifs is 2. The van der Waals surface area contributed by atoms with Crippen molar-refractivity contribution in [1.29, 1.82) is 0 Å². The van der Waals surface area contributed by atoms with E-state index in [1.54, 1.807) is 16.6 Å². The van der Waals surface area contributed by atoms with Crippen LogP contribution in [0.2, 0.25) is 5.02 Å². The Labute approximate surface area is 207 Å². The summed E-state index contributed by atoms with van der Waals surface area (Å²) >= 11 is 7.96. The smallest absolute Gasteiger partial charge is 0.329 e. The molecule has 1 aromatic carbocycles. The predicted octanol–water partition coefficient (Wildman–Crippen LogP) is 3.54. The van der Waals surface area contributed by atoms with Gasteiger partial charge in [-0.05, 0) is 42.7 Å². The molecule has 9 nitrogen and oxygen atoms in total. The van der Waals surface area contributed by atoms with Crippen molar-refractivity contribution in [3.63, 3.8) is 0 Å². The lowest BCUT2D eigenvalue weighted by Crippen LogP contribution is -2.43. The second-order valence-corrected chi connectivity index (χ2v) is 10.0. The number of halogens is 1. The van der Waals surface area contributed by atoms with Gasteiger partial charge in [0.05, 0.1) is 11.6 Å². The number of carbonyl (C=O) groups excluding carboxylic acids is 1. The number of carbonyl (C=O) groups is 1. The third-order valence-electron chi connectivity index (χ3n) is 6.32. The Hall–Kier alpha value is -3.76. The monoisotopic (exact) mass is 506 g/mol. The van der Waals surface area contributed by atoms with Crippen LogP contribution in [0.4, 0.5) is 0 Å². The number of benzene rings is 1. The van der Waals surface area contributed by atoms with Crippen LogP contribution in [0.3, 0.4) is 0 Å². The largest absolute Gasteiger partial charge is 0.356 e. The molecule has 1 saturated heterocycles. The van der Waals surface area contributed by atoms with Crippen molar-refractivity contribution < 1.29 is 4.79 Å². The number of hydrogen-bond donors (Lipinski definition) is 2. The van der Waals surface area contributed by atoms with E-state index in [0.717, 1.165) is 32.8 Å². The lowest BCUT2D eigenvalue weighted by atomic mass is 9.99. The lowest BCUT2D eigenvalue weighted by Gasteiger charge is -2.23. The topological polar surface area (TPSA) is 114 Å². The third-order valence-corrected chi connectivity index (χ3v) is 7.78. The van der Waals surface area contributed by atoms with E-state index < -0.39 is 17.3 Å². The van der Waals surface area contributed by atoms with Gasteiger partial charge in [-0.15, -0.1) is 11.3 Å². The van der Waals surface area contributed by atoms with Gasteiger partial charge in [0.15, 0.2) is 5.65 Å².